The predicted molar refractivity (Wildman–Crippen MR) is 76.5 cm³/mol. The number of benzene rings is 1. The lowest BCUT2D eigenvalue weighted by molar-refractivity contribution is -0.114. The van der Waals surface area contributed by atoms with Gasteiger partial charge in [-0.1, -0.05) is 17.7 Å². The second kappa shape index (κ2) is 5.91. The molecule has 0 aromatic heterocycles. The molecule has 96 valence electrons. The Hall–Kier alpha value is -2.23. The Balaban J connectivity index is 3.26. The fraction of sp³-hybridized carbons (Fsp3) is 0.214. The van der Waals surface area contributed by atoms with Crippen LogP contribution in [0.15, 0.2) is 36.0 Å². The van der Waals surface area contributed by atoms with Gasteiger partial charge in [-0.2, -0.15) is 0 Å². The van der Waals surface area contributed by atoms with Crippen LogP contribution in [0.25, 0.3) is 5.57 Å². The molecule has 0 spiro atoms. The van der Waals surface area contributed by atoms with Crippen molar-refractivity contribution in [3.05, 3.63) is 41.6 Å². The lowest BCUT2D eigenvalue weighted by Gasteiger charge is -2.10. The number of anilines is 2. The van der Waals surface area contributed by atoms with Gasteiger partial charge in [0.2, 0.25) is 6.41 Å². The van der Waals surface area contributed by atoms with Crippen LogP contribution in [0.4, 0.5) is 11.4 Å². The maximum atomic E-state index is 10.7. The van der Waals surface area contributed by atoms with Gasteiger partial charge in [0, 0.05) is 13.2 Å². The number of hydrogen-bond acceptors (Lipinski definition) is 3. The molecule has 4 nitrogen and oxygen atoms in total. The summed E-state index contributed by atoms with van der Waals surface area (Å²) in [5.41, 5.74) is 15.6. The van der Waals surface area contributed by atoms with Crippen LogP contribution in [-0.2, 0) is 4.79 Å². The van der Waals surface area contributed by atoms with Crippen molar-refractivity contribution in [2.75, 3.05) is 18.5 Å². The molecule has 0 heterocycles. The van der Waals surface area contributed by atoms with E-state index < -0.39 is 0 Å². The number of nitrogen functional groups attached to an aromatic ring is 2. The molecule has 4 heteroatoms. The highest BCUT2D eigenvalue weighted by atomic mass is 16.1. The number of nitrogens with zero attached hydrogens (tertiary/aromatic N) is 1. The van der Waals surface area contributed by atoms with E-state index in [1.807, 2.05) is 26.0 Å². The van der Waals surface area contributed by atoms with Gasteiger partial charge in [-0.05, 0) is 37.1 Å². The number of allylic oxidation sites excluding steroid dienone is 3. The van der Waals surface area contributed by atoms with Gasteiger partial charge >= 0.3 is 0 Å². The Morgan fingerprint density at radius 2 is 1.89 bits per heavy atom. The molecule has 0 radical (unpaired) electrons. The average Bonchev–Trinajstić information content (AvgIpc) is 2.31. The lowest BCUT2D eigenvalue weighted by atomic mass is 10.0. The van der Waals surface area contributed by atoms with Crippen LogP contribution >= 0.6 is 0 Å². The van der Waals surface area contributed by atoms with Gasteiger partial charge in [-0.3, -0.25) is 4.79 Å². The van der Waals surface area contributed by atoms with Gasteiger partial charge in [-0.25, -0.2) is 0 Å². The first-order valence-corrected chi connectivity index (χ1v) is 5.63. The van der Waals surface area contributed by atoms with Gasteiger partial charge in [-0.15, -0.1) is 0 Å². The van der Waals surface area contributed by atoms with Crippen LogP contribution < -0.4 is 11.5 Å². The minimum Gasteiger partial charge on any atom is -0.397 e. The summed E-state index contributed by atoms with van der Waals surface area (Å²) < 4.78 is 0. The van der Waals surface area contributed by atoms with Crippen molar-refractivity contribution >= 4 is 23.4 Å². The Labute approximate surface area is 108 Å². The quantitative estimate of drug-likeness (QED) is 0.485. The smallest absolute Gasteiger partial charge is 0.213 e. The van der Waals surface area contributed by atoms with Crippen LogP contribution in [0.5, 0.6) is 0 Å². The second-order valence-electron chi connectivity index (χ2n) is 4.42. The van der Waals surface area contributed by atoms with Gasteiger partial charge in [0.05, 0.1) is 11.4 Å². The van der Waals surface area contributed by atoms with Gasteiger partial charge in [0.25, 0.3) is 0 Å². The molecule has 0 aliphatic rings. The highest BCUT2D eigenvalue weighted by Gasteiger charge is 2.03. The van der Waals surface area contributed by atoms with E-state index in [9.17, 15) is 4.79 Å². The average molecular weight is 245 g/mol. The predicted octanol–water partition coefficient (Wildman–Crippen LogP) is 2.25. The highest BCUT2D eigenvalue weighted by Crippen LogP contribution is 2.24. The summed E-state index contributed by atoms with van der Waals surface area (Å²) in [5, 5.41) is 0. The number of amides is 1. The maximum Gasteiger partial charge on any atom is 0.213 e. The summed E-state index contributed by atoms with van der Waals surface area (Å²) in [6.45, 7) is 3.99. The topological polar surface area (TPSA) is 72.3 Å². The molecule has 1 aromatic carbocycles. The molecule has 18 heavy (non-hydrogen) atoms. The summed E-state index contributed by atoms with van der Waals surface area (Å²) in [4.78, 5) is 12.2. The first-order chi connectivity index (χ1) is 8.43. The summed E-state index contributed by atoms with van der Waals surface area (Å²) in [6, 6.07) is 5.45. The fourth-order valence-electron chi connectivity index (χ4n) is 1.51. The van der Waals surface area contributed by atoms with E-state index in [0.717, 1.165) is 23.1 Å². The normalized spacial score (nSPS) is 10.9. The summed E-state index contributed by atoms with van der Waals surface area (Å²) in [5.74, 6) is 0. The summed E-state index contributed by atoms with van der Waals surface area (Å²) in [6.07, 6.45) is 4.50. The standard InChI is InChI=1S/C14H19N3O/c1-10(2)6-12(8-17(3)9-18)11-4-5-13(15)14(16)7-11/h4-9H,15-16H2,1-3H3/b12-8+. The molecule has 0 saturated carbocycles. The highest BCUT2D eigenvalue weighted by molar-refractivity contribution is 5.79. The van der Waals surface area contributed by atoms with Crippen molar-refractivity contribution in [3.63, 3.8) is 0 Å². The monoisotopic (exact) mass is 245 g/mol. The van der Waals surface area contributed by atoms with Crippen molar-refractivity contribution in [2.45, 2.75) is 13.8 Å². The minimum atomic E-state index is 0.536. The van der Waals surface area contributed by atoms with Crippen molar-refractivity contribution in [1.82, 2.24) is 4.90 Å². The third-order valence-electron chi connectivity index (χ3n) is 2.37. The number of carbonyl (C=O) groups excluding carboxylic acids is 1. The fourth-order valence-corrected chi connectivity index (χ4v) is 1.51. The van der Waals surface area contributed by atoms with E-state index in [1.54, 1.807) is 25.4 Å². The Morgan fingerprint density at radius 3 is 2.39 bits per heavy atom. The van der Waals surface area contributed by atoms with Crippen LogP contribution in [0.2, 0.25) is 0 Å². The first kappa shape index (κ1) is 13.8. The summed E-state index contributed by atoms with van der Waals surface area (Å²) in [7, 11) is 1.69. The maximum absolute atomic E-state index is 10.7. The van der Waals surface area contributed by atoms with Crippen molar-refractivity contribution in [1.29, 1.82) is 0 Å². The van der Waals surface area contributed by atoms with E-state index in [0.29, 0.717) is 11.4 Å². The SMILES string of the molecule is CC(C)=C/C(=C\N(C)C=O)c1ccc(N)c(N)c1. The largest absolute Gasteiger partial charge is 0.397 e. The molecule has 0 bridgehead atoms. The zero-order chi connectivity index (χ0) is 13.7. The molecule has 1 rings (SSSR count). The van der Waals surface area contributed by atoms with Gasteiger partial charge in [0.1, 0.15) is 0 Å². The van der Waals surface area contributed by atoms with E-state index in [2.05, 4.69) is 0 Å². The van der Waals surface area contributed by atoms with Crippen LogP contribution in [0.3, 0.4) is 0 Å². The Kier molecular flexibility index (Phi) is 4.54. The minimum absolute atomic E-state index is 0.536. The molecule has 0 fully saturated rings. The zero-order valence-electron chi connectivity index (χ0n) is 11.0. The molecular weight excluding hydrogens is 226 g/mol. The Morgan fingerprint density at radius 1 is 1.22 bits per heavy atom. The molecule has 0 aliphatic carbocycles. The third-order valence-corrected chi connectivity index (χ3v) is 2.37. The second-order valence-corrected chi connectivity index (χ2v) is 4.42. The number of hydrogen-bond donors (Lipinski definition) is 2. The number of rotatable bonds is 4. The van der Waals surface area contributed by atoms with Crippen molar-refractivity contribution in [2.24, 2.45) is 0 Å². The third kappa shape index (κ3) is 3.66. The molecule has 0 saturated heterocycles. The molecule has 0 aliphatic heterocycles. The van der Waals surface area contributed by atoms with Crippen LogP contribution in [-0.4, -0.2) is 18.4 Å². The molecule has 0 atom stereocenters. The summed E-state index contributed by atoms with van der Waals surface area (Å²) >= 11 is 0. The van der Waals surface area contributed by atoms with Crippen LogP contribution in [0.1, 0.15) is 19.4 Å². The van der Waals surface area contributed by atoms with Gasteiger partial charge < -0.3 is 16.4 Å². The van der Waals surface area contributed by atoms with Crippen molar-refractivity contribution < 1.29 is 4.79 Å². The van der Waals surface area contributed by atoms with Gasteiger partial charge in [0.15, 0.2) is 0 Å². The molecular formula is C14H19N3O. The number of carbonyl (C=O) groups is 1. The van der Waals surface area contributed by atoms with E-state index >= 15 is 0 Å². The van der Waals surface area contributed by atoms with Crippen molar-refractivity contribution in [3.8, 4) is 0 Å². The molecule has 1 amide bonds. The molecule has 1 aromatic rings. The molecule has 0 unspecified atom stereocenters. The first-order valence-electron chi connectivity index (χ1n) is 5.63. The van der Waals surface area contributed by atoms with E-state index in [-0.39, 0.29) is 0 Å². The van der Waals surface area contributed by atoms with E-state index in [1.165, 1.54) is 4.90 Å². The molecule has 4 N–H and O–H groups in total. The zero-order valence-corrected chi connectivity index (χ0v) is 11.0. The Bertz CT molecular complexity index is 500. The van der Waals surface area contributed by atoms with Crippen LogP contribution in [0, 0.1) is 0 Å². The van der Waals surface area contributed by atoms with E-state index in [4.69, 9.17) is 11.5 Å². The lowest BCUT2D eigenvalue weighted by Crippen LogP contribution is -2.07. The number of nitrogens with two attached hydrogens (primary N) is 2.